The Morgan fingerprint density at radius 1 is 1.26 bits per heavy atom. The third-order valence-electron chi connectivity index (χ3n) is 3.13. The number of carbonyl (C=O) groups is 1. The SMILES string of the molecule is Cc1ccc(-c2cc(C(=O)NCc3ccccn3)nc(N)n2)o1. The normalized spacial score (nSPS) is 10.5. The van der Waals surface area contributed by atoms with Crippen molar-refractivity contribution in [2.24, 2.45) is 0 Å². The minimum absolute atomic E-state index is 0.0135. The standard InChI is InChI=1S/C16H15N5O2/c1-10-5-6-14(23-10)12-8-13(21-16(17)20-12)15(22)19-9-11-4-2-3-7-18-11/h2-8H,9H2,1H3,(H,19,22)(H2,17,20,21). The topological polar surface area (TPSA) is 107 Å². The molecule has 0 saturated carbocycles. The van der Waals surface area contributed by atoms with E-state index in [0.717, 1.165) is 11.5 Å². The Labute approximate surface area is 132 Å². The molecule has 0 aliphatic heterocycles. The first kappa shape index (κ1) is 14.7. The number of hydrogen-bond donors (Lipinski definition) is 2. The van der Waals surface area contributed by atoms with Crippen LogP contribution >= 0.6 is 0 Å². The van der Waals surface area contributed by atoms with Gasteiger partial charge < -0.3 is 15.5 Å². The van der Waals surface area contributed by atoms with Gasteiger partial charge in [-0.15, -0.1) is 0 Å². The first-order valence-electron chi connectivity index (χ1n) is 7.01. The average molecular weight is 309 g/mol. The third kappa shape index (κ3) is 3.52. The molecule has 0 aliphatic rings. The van der Waals surface area contributed by atoms with E-state index < -0.39 is 0 Å². The highest BCUT2D eigenvalue weighted by Gasteiger charge is 2.13. The molecule has 0 unspecified atom stereocenters. The van der Waals surface area contributed by atoms with Crippen molar-refractivity contribution in [3.8, 4) is 11.5 Å². The van der Waals surface area contributed by atoms with Gasteiger partial charge in [-0.3, -0.25) is 9.78 Å². The van der Waals surface area contributed by atoms with Crippen molar-refractivity contribution in [3.63, 3.8) is 0 Å². The van der Waals surface area contributed by atoms with E-state index in [-0.39, 0.29) is 17.5 Å². The third-order valence-corrected chi connectivity index (χ3v) is 3.13. The van der Waals surface area contributed by atoms with Gasteiger partial charge in [-0.1, -0.05) is 6.07 Å². The summed E-state index contributed by atoms with van der Waals surface area (Å²) in [6.45, 7) is 2.13. The number of nitrogen functional groups attached to an aromatic ring is 1. The Kier molecular flexibility index (Phi) is 4.01. The Morgan fingerprint density at radius 3 is 2.83 bits per heavy atom. The molecule has 7 nitrogen and oxygen atoms in total. The molecule has 1 amide bonds. The van der Waals surface area contributed by atoms with Crippen LogP contribution in [0.5, 0.6) is 0 Å². The van der Waals surface area contributed by atoms with E-state index in [1.807, 2.05) is 31.2 Å². The van der Waals surface area contributed by atoms with Crippen LogP contribution in [0.25, 0.3) is 11.5 Å². The van der Waals surface area contributed by atoms with Crippen molar-refractivity contribution in [1.82, 2.24) is 20.3 Å². The van der Waals surface area contributed by atoms with Crippen molar-refractivity contribution in [3.05, 3.63) is 59.7 Å². The number of amides is 1. The lowest BCUT2D eigenvalue weighted by molar-refractivity contribution is 0.0945. The van der Waals surface area contributed by atoms with Crippen molar-refractivity contribution in [2.45, 2.75) is 13.5 Å². The molecule has 0 atom stereocenters. The van der Waals surface area contributed by atoms with E-state index in [0.29, 0.717) is 18.0 Å². The van der Waals surface area contributed by atoms with E-state index >= 15 is 0 Å². The van der Waals surface area contributed by atoms with Gasteiger partial charge in [-0.05, 0) is 37.3 Å². The maximum absolute atomic E-state index is 12.2. The Morgan fingerprint density at radius 2 is 2.13 bits per heavy atom. The van der Waals surface area contributed by atoms with Crippen LogP contribution in [0.3, 0.4) is 0 Å². The summed E-state index contributed by atoms with van der Waals surface area (Å²) >= 11 is 0. The second-order valence-corrected chi connectivity index (χ2v) is 4.91. The molecule has 0 aromatic carbocycles. The number of aromatic nitrogens is 3. The van der Waals surface area contributed by atoms with Crippen LogP contribution in [0.2, 0.25) is 0 Å². The zero-order valence-corrected chi connectivity index (χ0v) is 12.5. The van der Waals surface area contributed by atoms with E-state index in [1.165, 1.54) is 0 Å². The van der Waals surface area contributed by atoms with E-state index in [9.17, 15) is 4.79 Å². The number of aryl methyl sites for hydroxylation is 1. The van der Waals surface area contributed by atoms with Crippen LogP contribution < -0.4 is 11.1 Å². The smallest absolute Gasteiger partial charge is 0.270 e. The van der Waals surface area contributed by atoms with Crippen molar-refractivity contribution in [2.75, 3.05) is 5.73 Å². The van der Waals surface area contributed by atoms with Gasteiger partial charge >= 0.3 is 0 Å². The molecule has 0 aliphatic carbocycles. The van der Waals surface area contributed by atoms with Gasteiger partial charge in [0.2, 0.25) is 5.95 Å². The number of rotatable bonds is 4. The molecular weight excluding hydrogens is 294 g/mol. The Hall–Kier alpha value is -3.22. The summed E-state index contributed by atoms with van der Waals surface area (Å²) in [5.41, 5.74) is 7.09. The number of anilines is 1. The summed E-state index contributed by atoms with van der Waals surface area (Å²) in [5.74, 6) is 0.947. The zero-order valence-electron chi connectivity index (χ0n) is 12.5. The largest absolute Gasteiger partial charge is 0.460 e. The molecule has 3 aromatic heterocycles. The lowest BCUT2D eigenvalue weighted by Gasteiger charge is -2.06. The first-order valence-corrected chi connectivity index (χ1v) is 7.01. The van der Waals surface area contributed by atoms with Crippen LogP contribution in [-0.4, -0.2) is 20.9 Å². The number of nitrogens with two attached hydrogens (primary N) is 1. The summed E-state index contributed by atoms with van der Waals surface area (Å²) in [7, 11) is 0. The number of nitrogens with zero attached hydrogens (tertiary/aromatic N) is 3. The van der Waals surface area contributed by atoms with Crippen LogP contribution in [0, 0.1) is 6.92 Å². The number of furan rings is 1. The molecule has 0 saturated heterocycles. The van der Waals surface area contributed by atoms with E-state index in [2.05, 4.69) is 20.3 Å². The lowest BCUT2D eigenvalue weighted by atomic mass is 10.2. The zero-order chi connectivity index (χ0) is 16.2. The van der Waals surface area contributed by atoms with Crippen LogP contribution in [0.4, 0.5) is 5.95 Å². The molecule has 7 heteroatoms. The van der Waals surface area contributed by atoms with Crippen LogP contribution in [0.15, 0.2) is 47.0 Å². The molecule has 0 fully saturated rings. The summed E-state index contributed by atoms with van der Waals surface area (Å²) < 4.78 is 5.50. The highest BCUT2D eigenvalue weighted by molar-refractivity contribution is 5.93. The highest BCUT2D eigenvalue weighted by Crippen LogP contribution is 2.21. The van der Waals surface area contributed by atoms with Gasteiger partial charge in [0.15, 0.2) is 5.76 Å². The maximum atomic E-state index is 12.2. The first-order chi connectivity index (χ1) is 11.1. The van der Waals surface area contributed by atoms with E-state index in [4.69, 9.17) is 10.2 Å². The monoisotopic (exact) mass is 309 g/mol. The van der Waals surface area contributed by atoms with Crippen molar-refractivity contribution < 1.29 is 9.21 Å². The van der Waals surface area contributed by atoms with Gasteiger partial charge in [0.1, 0.15) is 17.1 Å². The number of nitrogens with one attached hydrogen (secondary N) is 1. The second-order valence-electron chi connectivity index (χ2n) is 4.91. The van der Waals surface area contributed by atoms with Crippen molar-refractivity contribution >= 4 is 11.9 Å². The predicted octanol–water partition coefficient (Wildman–Crippen LogP) is 1.95. The number of carbonyl (C=O) groups excluding carboxylic acids is 1. The summed E-state index contributed by atoms with van der Waals surface area (Å²) in [5, 5.41) is 2.75. The molecule has 23 heavy (non-hydrogen) atoms. The minimum Gasteiger partial charge on any atom is -0.460 e. The van der Waals surface area contributed by atoms with Gasteiger partial charge in [0.05, 0.1) is 12.2 Å². The molecule has 3 N–H and O–H groups in total. The van der Waals surface area contributed by atoms with Gasteiger partial charge in [-0.2, -0.15) is 0 Å². The molecule has 0 bridgehead atoms. The number of pyridine rings is 1. The van der Waals surface area contributed by atoms with E-state index in [1.54, 1.807) is 18.3 Å². The second kappa shape index (κ2) is 6.27. The van der Waals surface area contributed by atoms with Gasteiger partial charge in [0.25, 0.3) is 5.91 Å². The summed E-state index contributed by atoms with van der Waals surface area (Å²) in [4.78, 5) is 24.5. The molecule has 0 spiro atoms. The van der Waals surface area contributed by atoms with Gasteiger partial charge in [-0.25, -0.2) is 9.97 Å². The predicted molar refractivity (Wildman–Crippen MR) is 84.3 cm³/mol. The quantitative estimate of drug-likeness (QED) is 0.763. The van der Waals surface area contributed by atoms with Gasteiger partial charge in [0, 0.05) is 6.20 Å². The molecular formula is C16H15N5O2. The Balaban J connectivity index is 1.79. The molecule has 3 rings (SSSR count). The van der Waals surface area contributed by atoms with Crippen LogP contribution in [-0.2, 0) is 6.54 Å². The lowest BCUT2D eigenvalue weighted by Crippen LogP contribution is -2.24. The fourth-order valence-electron chi connectivity index (χ4n) is 2.04. The molecule has 116 valence electrons. The number of hydrogen-bond acceptors (Lipinski definition) is 6. The maximum Gasteiger partial charge on any atom is 0.270 e. The molecule has 3 aromatic rings. The van der Waals surface area contributed by atoms with Crippen molar-refractivity contribution in [1.29, 1.82) is 0 Å². The fourth-order valence-corrected chi connectivity index (χ4v) is 2.04. The Bertz CT molecular complexity index is 829. The molecule has 0 radical (unpaired) electrons. The summed E-state index contributed by atoms with van der Waals surface area (Å²) in [6, 6.07) is 10.6. The van der Waals surface area contributed by atoms with Crippen LogP contribution in [0.1, 0.15) is 21.9 Å². The molecule has 3 heterocycles. The average Bonchev–Trinajstić information content (AvgIpc) is 2.99. The highest BCUT2D eigenvalue weighted by atomic mass is 16.3. The fraction of sp³-hybridized carbons (Fsp3) is 0.125. The minimum atomic E-state index is -0.353. The summed E-state index contributed by atoms with van der Waals surface area (Å²) in [6.07, 6.45) is 1.67.